The second kappa shape index (κ2) is 11.0. The van der Waals surface area contributed by atoms with Gasteiger partial charge in [-0.3, -0.25) is 19.1 Å². The molecule has 0 aliphatic heterocycles. The van der Waals surface area contributed by atoms with Crippen molar-refractivity contribution in [1.29, 1.82) is 0 Å². The van der Waals surface area contributed by atoms with Crippen molar-refractivity contribution in [3.05, 3.63) is 100.0 Å². The van der Waals surface area contributed by atoms with Crippen LogP contribution in [0.4, 0.5) is 0 Å². The molecule has 0 bridgehead atoms. The number of likely N-dealkylation sites (N-methyl/N-ethyl adjacent to an activating group) is 1. The topological polar surface area (TPSA) is 93.0 Å². The number of pyridine rings is 2. The second-order valence-corrected chi connectivity index (χ2v) is 8.44. The van der Waals surface area contributed by atoms with E-state index in [-0.39, 0.29) is 11.5 Å². The molecule has 0 aliphatic rings. The molecule has 0 spiro atoms. The summed E-state index contributed by atoms with van der Waals surface area (Å²) < 4.78 is 1.68. The van der Waals surface area contributed by atoms with E-state index in [0.29, 0.717) is 48.5 Å². The smallest absolute Gasteiger partial charge is 0.263 e. The van der Waals surface area contributed by atoms with Crippen molar-refractivity contribution in [2.24, 2.45) is 0 Å². The van der Waals surface area contributed by atoms with Crippen molar-refractivity contribution >= 4 is 16.9 Å². The fraction of sp³-hybridized carbons (Fsp3) is 0.296. The van der Waals surface area contributed by atoms with Gasteiger partial charge in [-0.1, -0.05) is 37.3 Å². The summed E-state index contributed by atoms with van der Waals surface area (Å²) in [7, 11) is 1.85. The lowest BCUT2D eigenvalue weighted by Gasteiger charge is -2.32. The third-order valence-electron chi connectivity index (χ3n) is 6.03. The normalized spacial score (nSPS) is 12.0. The first-order valence-electron chi connectivity index (χ1n) is 11.8. The number of carbonyl (C=O) groups excluding carboxylic acids is 1. The Morgan fingerprint density at radius 3 is 2.57 bits per heavy atom. The molecular formula is C27H30N6O2. The summed E-state index contributed by atoms with van der Waals surface area (Å²) in [6.07, 6.45) is 3.81. The Hall–Kier alpha value is -3.91. The van der Waals surface area contributed by atoms with Gasteiger partial charge < -0.3 is 10.2 Å². The van der Waals surface area contributed by atoms with Crippen molar-refractivity contribution in [2.45, 2.75) is 32.9 Å². The second-order valence-electron chi connectivity index (χ2n) is 8.44. The van der Waals surface area contributed by atoms with Gasteiger partial charge >= 0.3 is 0 Å². The summed E-state index contributed by atoms with van der Waals surface area (Å²) >= 11 is 0. The predicted molar refractivity (Wildman–Crippen MR) is 136 cm³/mol. The molecule has 180 valence electrons. The number of nitrogens with zero attached hydrogens (tertiary/aromatic N) is 5. The Bertz CT molecular complexity index is 1350. The summed E-state index contributed by atoms with van der Waals surface area (Å²) in [5.74, 6) is 0.373. The van der Waals surface area contributed by atoms with Crippen LogP contribution in [0, 0.1) is 6.92 Å². The van der Waals surface area contributed by atoms with Gasteiger partial charge in [-0.25, -0.2) is 9.97 Å². The molecule has 3 aromatic heterocycles. The van der Waals surface area contributed by atoms with Crippen LogP contribution in [0.2, 0.25) is 0 Å². The van der Waals surface area contributed by atoms with Gasteiger partial charge in [-0.2, -0.15) is 0 Å². The van der Waals surface area contributed by atoms with Gasteiger partial charge in [0.25, 0.3) is 11.5 Å². The Kier molecular flexibility index (Phi) is 7.62. The Morgan fingerprint density at radius 2 is 1.89 bits per heavy atom. The SMILES string of the molecule is CCC(c1nc2ncccc2c(=O)n1Cc1ccccc1)N(CCNC)C(=O)c1ccc(C)nc1. The molecule has 0 aliphatic carbocycles. The molecule has 1 unspecified atom stereocenters. The summed E-state index contributed by atoms with van der Waals surface area (Å²) in [4.78, 5) is 42.6. The van der Waals surface area contributed by atoms with E-state index >= 15 is 0 Å². The highest BCUT2D eigenvalue weighted by Gasteiger charge is 2.29. The lowest BCUT2D eigenvalue weighted by atomic mass is 10.1. The number of rotatable bonds is 9. The van der Waals surface area contributed by atoms with Crippen molar-refractivity contribution in [3.8, 4) is 0 Å². The standard InChI is InChI=1S/C27H30N6O2/c1-4-23(32(16-15-28-3)26(34)21-13-12-19(2)30-17-21)25-31-24-22(11-8-14-29-24)27(35)33(25)18-20-9-6-5-7-10-20/h5-14,17,23,28H,4,15-16,18H2,1-3H3. The van der Waals surface area contributed by atoms with E-state index in [9.17, 15) is 9.59 Å². The Balaban J connectivity index is 1.86. The Morgan fingerprint density at radius 1 is 1.09 bits per heavy atom. The zero-order valence-corrected chi connectivity index (χ0v) is 20.3. The molecule has 4 rings (SSSR count). The van der Waals surface area contributed by atoms with Crippen LogP contribution >= 0.6 is 0 Å². The summed E-state index contributed by atoms with van der Waals surface area (Å²) in [5.41, 5.74) is 2.54. The number of aromatic nitrogens is 4. The average molecular weight is 471 g/mol. The molecule has 1 atom stereocenters. The highest BCUT2D eigenvalue weighted by molar-refractivity contribution is 5.94. The largest absolute Gasteiger partial charge is 0.327 e. The summed E-state index contributed by atoms with van der Waals surface area (Å²) in [6, 6.07) is 16.5. The van der Waals surface area contributed by atoms with Crippen LogP contribution in [0.25, 0.3) is 11.0 Å². The number of aryl methyl sites for hydroxylation is 1. The van der Waals surface area contributed by atoms with Gasteiger partial charge in [-0.15, -0.1) is 0 Å². The van der Waals surface area contributed by atoms with Gasteiger partial charge in [0.05, 0.1) is 23.5 Å². The molecule has 4 aromatic rings. The Labute approximate surface area is 204 Å². The molecule has 1 N–H and O–H groups in total. The first-order chi connectivity index (χ1) is 17.0. The summed E-state index contributed by atoms with van der Waals surface area (Å²) in [5, 5.41) is 3.59. The number of fused-ring (bicyclic) bond motifs is 1. The zero-order chi connectivity index (χ0) is 24.8. The monoisotopic (exact) mass is 470 g/mol. The van der Waals surface area contributed by atoms with Crippen LogP contribution < -0.4 is 10.9 Å². The van der Waals surface area contributed by atoms with Crippen LogP contribution in [0.1, 0.15) is 46.8 Å². The molecule has 3 heterocycles. The molecule has 0 fully saturated rings. The fourth-order valence-corrected chi connectivity index (χ4v) is 4.18. The molecule has 0 radical (unpaired) electrons. The van der Waals surface area contributed by atoms with Gasteiger partial charge in [-0.05, 0) is 50.2 Å². The minimum Gasteiger partial charge on any atom is -0.327 e. The molecule has 1 aromatic carbocycles. The predicted octanol–water partition coefficient (Wildman–Crippen LogP) is 3.36. The van der Waals surface area contributed by atoms with E-state index in [1.807, 2.05) is 57.3 Å². The lowest BCUT2D eigenvalue weighted by Crippen LogP contribution is -2.42. The number of carbonyl (C=O) groups is 1. The third-order valence-corrected chi connectivity index (χ3v) is 6.03. The van der Waals surface area contributed by atoms with Crippen LogP contribution in [-0.2, 0) is 6.54 Å². The van der Waals surface area contributed by atoms with Crippen LogP contribution in [0.3, 0.4) is 0 Å². The lowest BCUT2D eigenvalue weighted by molar-refractivity contribution is 0.0659. The zero-order valence-electron chi connectivity index (χ0n) is 20.3. The van der Waals surface area contributed by atoms with Gasteiger partial charge in [0.2, 0.25) is 0 Å². The molecule has 8 heteroatoms. The number of hydrogen-bond acceptors (Lipinski definition) is 6. The van der Waals surface area contributed by atoms with Crippen molar-refractivity contribution < 1.29 is 4.79 Å². The number of nitrogens with one attached hydrogen (secondary N) is 1. The highest BCUT2D eigenvalue weighted by Crippen LogP contribution is 2.25. The summed E-state index contributed by atoms with van der Waals surface area (Å²) in [6.45, 7) is 5.28. The van der Waals surface area contributed by atoms with Crippen molar-refractivity contribution in [3.63, 3.8) is 0 Å². The van der Waals surface area contributed by atoms with E-state index < -0.39 is 6.04 Å². The van der Waals surface area contributed by atoms with Crippen molar-refractivity contribution in [2.75, 3.05) is 20.1 Å². The van der Waals surface area contributed by atoms with E-state index in [4.69, 9.17) is 4.98 Å². The number of benzene rings is 1. The molecule has 8 nitrogen and oxygen atoms in total. The third kappa shape index (κ3) is 5.27. The van der Waals surface area contributed by atoms with Gasteiger partial charge in [0.15, 0.2) is 5.65 Å². The molecule has 1 amide bonds. The maximum atomic E-state index is 13.7. The van der Waals surface area contributed by atoms with E-state index in [1.165, 1.54) is 0 Å². The minimum absolute atomic E-state index is 0.152. The van der Waals surface area contributed by atoms with Gasteiger partial charge in [0.1, 0.15) is 5.82 Å². The van der Waals surface area contributed by atoms with Crippen LogP contribution in [0.5, 0.6) is 0 Å². The molecule has 0 saturated heterocycles. The minimum atomic E-state index is -0.431. The maximum absolute atomic E-state index is 13.7. The molecular weight excluding hydrogens is 440 g/mol. The first kappa shape index (κ1) is 24.2. The van der Waals surface area contributed by atoms with Gasteiger partial charge in [0, 0.05) is 31.2 Å². The number of hydrogen-bond donors (Lipinski definition) is 1. The molecule has 35 heavy (non-hydrogen) atoms. The van der Waals surface area contributed by atoms with E-state index in [1.54, 1.807) is 40.1 Å². The fourth-order valence-electron chi connectivity index (χ4n) is 4.18. The van der Waals surface area contributed by atoms with Crippen molar-refractivity contribution in [1.82, 2.24) is 29.7 Å². The highest BCUT2D eigenvalue weighted by atomic mass is 16.2. The number of amides is 1. The van der Waals surface area contributed by atoms with Crippen LogP contribution in [0.15, 0.2) is 71.8 Å². The maximum Gasteiger partial charge on any atom is 0.263 e. The average Bonchev–Trinajstić information content (AvgIpc) is 2.89. The molecule has 0 saturated carbocycles. The van der Waals surface area contributed by atoms with Crippen LogP contribution in [-0.4, -0.2) is 50.5 Å². The first-order valence-corrected chi connectivity index (χ1v) is 11.8. The van der Waals surface area contributed by atoms with E-state index in [2.05, 4.69) is 15.3 Å². The quantitative estimate of drug-likeness (QED) is 0.403. The van der Waals surface area contributed by atoms with E-state index in [0.717, 1.165) is 11.3 Å².